The minimum absolute atomic E-state index is 0.000702. The fourth-order valence-electron chi connectivity index (χ4n) is 11.9. The van der Waals surface area contributed by atoms with Gasteiger partial charge in [0.25, 0.3) is 11.8 Å². The van der Waals surface area contributed by atoms with Crippen molar-refractivity contribution >= 4 is 107 Å². The first kappa shape index (κ1) is 81.2. The van der Waals surface area contributed by atoms with E-state index in [2.05, 4.69) is 0 Å². The molecule has 32 nitrogen and oxygen atoms in total. The third-order valence-electron chi connectivity index (χ3n) is 16.4. The van der Waals surface area contributed by atoms with Crippen molar-refractivity contribution in [2.45, 2.75) is 82.8 Å². The second kappa shape index (κ2) is 36.3. The number of carbonyl (C=O) groups is 3. The number of amides is 2. The van der Waals surface area contributed by atoms with Crippen LogP contribution in [0.2, 0.25) is 0 Å². The zero-order valence-electron chi connectivity index (χ0n) is 55.3. The standard InChI is InChI=1S/C63H83N3O29S5/c1-62(18-8-39-96(70,71)72)55(64(20-25-85-3)51-14-12-47-49(60(51)62)40-45(97(73,74)75)42-53(47)99(79,80)81)10-6-5-7-11-56-63(2,19-24-88-30-33-92-36-35-90-28-27-86-4)61-50-41-46(98(76,77)78)43-54(100(82,83)84)48(50)13-15-52(61)65(56)21-26-89-31-34-93-38-37-91-32-29-87-22-9-23-94-44-59(69)95-66-57(67)16-17-58(66)68/h5-7,10-15,40-43H,8-9,16-39,44H2,1-4H3,(H4-,70,71,72,73,74,75,76,77,78,79,80,81,82,83,84)/p-4. The molecular formula is C63H79N3O29S5-4. The molecule has 0 N–H and O–H groups in total. The largest absolute Gasteiger partial charge is 0.748 e. The van der Waals surface area contributed by atoms with E-state index in [0.29, 0.717) is 65.2 Å². The fraction of sp³-hybridized carbons (Fsp3) is 0.524. The van der Waals surface area contributed by atoms with Crippen LogP contribution >= 0.6 is 0 Å². The first-order chi connectivity index (χ1) is 47.3. The van der Waals surface area contributed by atoms with E-state index in [4.69, 9.17) is 52.2 Å². The minimum atomic E-state index is -5.44. The van der Waals surface area contributed by atoms with Gasteiger partial charge in [0.1, 0.15) is 53.7 Å². The molecule has 0 radical (unpaired) electrons. The zero-order chi connectivity index (χ0) is 73.1. The van der Waals surface area contributed by atoms with Crippen molar-refractivity contribution in [1.29, 1.82) is 0 Å². The van der Waals surface area contributed by atoms with Gasteiger partial charge in [0.05, 0.1) is 121 Å². The quantitative estimate of drug-likeness (QED) is 0.0202. The lowest BCUT2D eigenvalue weighted by Gasteiger charge is -2.31. The van der Waals surface area contributed by atoms with Crippen LogP contribution in [-0.2, 0) is 128 Å². The summed E-state index contributed by atoms with van der Waals surface area (Å²) in [5, 5.41) is -0.151. The normalized spacial score (nSPS) is 18.2. The molecule has 2 amide bonds. The molecule has 554 valence electrons. The predicted molar refractivity (Wildman–Crippen MR) is 348 cm³/mol. The lowest BCUT2D eigenvalue weighted by molar-refractivity contribution is -0.441. The molecule has 1 saturated heterocycles. The smallest absolute Gasteiger partial charge is 0.358 e. The van der Waals surface area contributed by atoms with Gasteiger partial charge in [-0.25, -0.2) is 46.9 Å². The number of carbonyl (C=O) groups excluding carboxylic acids is 3. The SMILES string of the molecule is COCCOCCOCCOCCC1(C)\C(=C/C=C/C=C/C2=[N+](CCOC)c3ccc4c(S(=O)(=O)[O-])cc(S(=O)(=O)[O-])cc4c3C2(C)CCCS(=O)(=O)[O-])N(CCOCCOCCOCCOCCCOCC(=O)ON2C(=O)CCC2=O)c2ccc3c(S(=O)(=O)[O-])cc(S(=O)(=O)[O-])cc3c21. The van der Waals surface area contributed by atoms with Crippen LogP contribution in [0.15, 0.2) is 104 Å². The van der Waals surface area contributed by atoms with Crippen LogP contribution in [0.5, 0.6) is 0 Å². The van der Waals surface area contributed by atoms with Crippen LogP contribution in [0.25, 0.3) is 21.5 Å². The maximum absolute atomic E-state index is 12.9. The molecule has 0 spiro atoms. The van der Waals surface area contributed by atoms with Gasteiger partial charge in [0.2, 0.25) is 5.69 Å². The van der Waals surface area contributed by atoms with Crippen molar-refractivity contribution in [2.75, 3.05) is 157 Å². The van der Waals surface area contributed by atoms with Crippen molar-refractivity contribution in [3.63, 3.8) is 0 Å². The summed E-state index contributed by atoms with van der Waals surface area (Å²) < 4.78 is 247. The van der Waals surface area contributed by atoms with E-state index < -0.39 is 111 Å². The number of methoxy groups -OCH3 is 2. The van der Waals surface area contributed by atoms with Gasteiger partial charge in [-0.05, 0) is 104 Å². The van der Waals surface area contributed by atoms with E-state index in [-0.39, 0.29) is 171 Å². The highest BCUT2D eigenvalue weighted by molar-refractivity contribution is 7.87. The molecule has 0 saturated carbocycles. The average Bonchev–Trinajstić information content (AvgIpc) is 1.53. The second-order valence-corrected chi connectivity index (χ2v) is 30.2. The molecule has 100 heavy (non-hydrogen) atoms. The van der Waals surface area contributed by atoms with Gasteiger partial charge in [0.15, 0.2) is 12.3 Å². The topological polar surface area (TPSA) is 448 Å². The van der Waals surface area contributed by atoms with Gasteiger partial charge in [-0.15, -0.1) is 5.06 Å². The number of nitrogens with zero attached hydrogens (tertiary/aromatic N) is 3. The molecule has 1 fully saturated rings. The van der Waals surface area contributed by atoms with Crippen LogP contribution < -0.4 is 4.90 Å². The summed E-state index contributed by atoms with van der Waals surface area (Å²) in [5.74, 6) is -2.93. The molecule has 37 heteroatoms. The van der Waals surface area contributed by atoms with Crippen LogP contribution in [0.1, 0.15) is 63.5 Å². The molecule has 0 aromatic heterocycles. The molecule has 0 aliphatic carbocycles. The molecule has 7 rings (SSSR count). The van der Waals surface area contributed by atoms with Gasteiger partial charge < -0.3 is 79.9 Å². The maximum atomic E-state index is 12.9. The predicted octanol–water partition coefficient (Wildman–Crippen LogP) is 2.88. The Morgan fingerprint density at radius 1 is 0.520 bits per heavy atom. The highest BCUT2D eigenvalue weighted by Gasteiger charge is 2.49. The Bertz CT molecular complexity index is 4300. The summed E-state index contributed by atoms with van der Waals surface area (Å²) >= 11 is 0. The highest BCUT2D eigenvalue weighted by atomic mass is 32.2. The van der Waals surface area contributed by atoms with Crippen molar-refractivity contribution in [3.8, 4) is 0 Å². The first-order valence-corrected chi connectivity index (χ1v) is 38.6. The summed E-state index contributed by atoms with van der Waals surface area (Å²) in [4.78, 5) is 37.7. The number of imide groups is 1. The molecular weight excluding hydrogens is 1420 g/mol. The van der Waals surface area contributed by atoms with Gasteiger partial charge >= 0.3 is 5.97 Å². The fourth-order valence-corrected chi connectivity index (χ4v) is 15.0. The number of rotatable bonds is 45. The van der Waals surface area contributed by atoms with E-state index in [1.807, 2.05) is 4.90 Å². The molecule has 4 aromatic carbocycles. The lowest BCUT2D eigenvalue weighted by atomic mass is 9.74. The Balaban J connectivity index is 1.15. The molecule has 2 unspecified atom stereocenters. The summed E-state index contributed by atoms with van der Waals surface area (Å²) in [5.41, 5.74) is -0.578. The minimum Gasteiger partial charge on any atom is -0.748 e. The van der Waals surface area contributed by atoms with Crippen LogP contribution in [0, 0.1) is 0 Å². The Kier molecular flexibility index (Phi) is 29.5. The third kappa shape index (κ3) is 21.7. The number of benzene rings is 4. The zero-order valence-corrected chi connectivity index (χ0v) is 59.4. The third-order valence-corrected chi connectivity index (χ3v) is 20.6. The van der Waals surface area contributed by atoms with E-state index >= 15 is 0 Å². The molecule has 3 aliphatic heterocycles. The second-order valence-electron chi connectivity index (χ2n) is 23.3. The van der Waals surface area contributed by atoms with Gasteiger partial charge in [0, 0.05) is 99.1 Å². The van der Waals surface area contributed by atoms with Gasteiger partial charge in [-0.2, -0.15) is 4.58 Å². The lowest BCUT2D eigenvalue weighted by Crippen LogP contribution is -2.33. The van der Waals surface area contributed by atoms with Crippen LogP contribution in [-0.4, -0.2) is 250 Å². The molecule has 0 bridgehead atoms. The van der Waals surface area contributed by atoms with Crippen molar-refractivity contribution in [2.24, 2.45) is 0 Å². The van der Waals surface area contributed by atoms with Gasteiger partial charge in [-0.1, -0.05) is 24.3 Å². The van der Waals surface area contributed by atoms with Gasteiger partial charge in [-0.3, -0.25) is 9.59 Å². The van der Waals surface area contributed by atoms with Crippen molar-refractivity contribution in [3.05, 3.63) is 95.7 Å². The van der Waals surface area contributed by atoms with Crippen LogP contribution in [0.3, 0.4) is 0 Å². The number of fused-ring (bicyclic) bond motifs is 6. The monoisotopic (exact) mass is 1500 g/mol. The van der Waals surface area contributed by atoms with E-state index in [0.717, 1.165) is 12.1 Å². The Labute approximate surface area is 580 Å². The summed E-state index contributed by atoms with van der Waals surface area (Å²) in [6.45, 7) is 6.23. The van der Waals surface area contributed by atoms with E-state index in [1.54, 1.807) is 62.0 Å². The van der Waals surface area contributed by atoms with E-state index in [1.165, 1.54) is 25.3 Å². The molecule has 3 heterocycles. The molecule has 3 aliphatic rings. The summed E-state index contributed by atoms with van der Waals surface area (Å²) in [6.07, 6.45) is 8.19. The summed E-state index contributed by atoms with van der Waals surface area (Å²) in [7, 11) is -23.5. The molecule has 4 aromatic rings. The number of anilines is 1. The van der Waals surface area contributed by atoms with Crippen LogP contribution in [0.4, 0.5) is 11.4 Å². The van der Waals surface area contributed by atoms with Crippen molar-refractivity contribution < 1.29 is 136 Å². The van der Waals surface area contributed by atoms with Crippen molar-refractivity contribution in [1.82, 2.24) is 5.06 Å². The average molecular weight is 1500 g/mol. The summed E-state index contributed by atoms with van der Waals surface area (Å²) in [6, 6.07) is 8.60. The van der Waals surface area contributed by atoms with E-state index in [9.17, 15) is 79.2 Å². The maximum Gasteiger partial charge on any atom is 0.358 e. The molecule has 2 atom stereocenters. The number of hydroxylamine groups is 2. The Morgan fingerprint density at radius 3 is 1.53 bits per heavy atom. The Hall–Kier alpha value is -6.15. The first-order valence-electron chi connectivity index (χ1n) is 31.4. The number of ether oxygens (including phenoxy) is 10. The highest BCUT2D eigenvalue weighted by Crippen LogP contribution is 2.54. The number of hydrogen-bond acceptors (Lipinski definition) is 30. The Morgan fingerprint density at radius 2 is 1.01 bits per heavy atom. The number of hydrogen-bond donors (Lipinski definition) is 0. The number of allylic oxidation sites excluding steroid dienone is 6.